The largest absolute Gasteiger partial charge is 0.464 e. The molecule has 0 aliphatic carbocycles. The highest BCUT2D eigenvalue weighted by atomic mass is 16.6. The Bertz CT molecular complexity index is 696. The molecule has 0 atom stereocenters. The third kappa shape index (κ3) is 6.19. The van der Waals surface area contributed by atoms with Crippen molar-refractivity contribution in [3.05, 3.63) is 29.8 Å². The molecular weight excluding hydrogens is 338 g/mol. The van der Waals surface area contributed by atoms with Gasteiger partial charge in [0.05, 0.1) is 12.7 Å². The van der Waals surface area contributed by atoms with Crippen LogP contribution in [0.15, 0.2) is 39.7 Å². The molecule has 0 fully saturated rings. The number of rotatable bonds is 9. The van der Waals surface area contributed by atoms with Gasteiger partial charge >= 0.3 is 5.97 Å². The number of hydrogen-bond acceptors (Lipinski definition) is 8. The zero-order chi connectivity index (χ0) is 19.5. The average Bonchev–Trinajstić information content (AvgIpc) is 2.64. The van der Waals surface area contributed by atoms with Crippen LogP contribution in [0.4, 0.5) is 0 Å². The van der Waals surface area contributed by atoms with E-state index in [1.807, 2.05) is 20.8 Å². The first-order chi connectivity index (χ1) is 12.4. The second-order valence-corrected chi connectivity index (χ2v) is 5.42. The molecule has 0 aliphatic rings. The van der Waals surface area contributed by atoms with E-state index in [-0.39, 0.29) is 11.8 Å². The Morgan fingerprint density at radius 3 is 2.38 bits per heavy atom. The van der Waals surface area contributed by atoms with Gasteiger partial charge < -0.3 is 19.2 Å². The maximum Gasteiger partial charge on any atom is 0.360 e. The molecule has 0 heterocycles. The van der Waals surface area contributed by atoms with E-state index < -0.39 is 5.97 Å². The topological polar surface area (TPSA) is 91.1 Å². The Balaban J connectivity index is 3.15. The molecule has 0 spiro atoms. The number of benzene rings is 1. The highest BCUT2D eigenvalue weighted by Gasteiger charge is 2.20. The lowest BCUT2D eigenvalue weighted by Crippen LogP contribution is -2.18. The van der Waals surface area contributed by atoms with Crippen molar-refractivity contribution >= 4 is 23.1 Å². The standard InChI is InChI=1S/C18H25N3O5/c1-7-15(13(4)19-25-12(2)3)20-26-16-11-9-8-10-14(16)17(21-24-6)18(22)23-5/h8-12H,7H2,1-6H3/b19-13+,20-15+,21-17-. The number of carbonyl (C=O) groups is 1. The lowest BCUT2D eigenvalue weighted by Gasteiger charge is -2.09. The smallest absolute Gasteiger partial charge is 0.360 e. The molecule has 0 aliphatic heterocycles. The van der Waals surface area contributed by atoms with E-state index in [0.29, 0.717) is 29.2 Å². The van der Waals surface area contributed by atoms with Gasteiger partial charge in [0.2, 0.25) is 0 Å². The molecule has 1 aromatic rings. The fraction of sp³-hybridized carbons (Fsp3) is 0.444. The van der Waals surface area contributed by atoms with Crippen LogP contribution in [-0.2, 0) is 19.2 Å². The van der Waals surface area contributed by atoms with Crippen molar-refractivity contribution < 1.29 is 24.0 Å². The quantitative estimate of drug-likeness (QED) is 0.382. The van der Waals surface area contributed by atoms with Crippen molar-refractivity contribution in [2.24, 2.45) is 15.5 Å². The number of methoxy groups -OCH3 is 1. The van der Waals surface area contributed by atoms with Crippen molar-refractivity contribution in [1.82, 2.24) is 0 Å². The highest BCUT2D eigenvalue weighted by Crippen LogP contribution is 2.20. The molecule has 0 aromatic heterocycles. The van der Waals surface area contributed by atoms with Crippen molar-refractivity contribution in [3.63, 3.8) is 0 Å². The second kappa shape index (κ2) is 10.9. The van der Waals surface area contributed by atoms with Gasteiger partial charge in [-0.1, -0.05) is 34.5 Å². The predicted octanol–water partition coefficient (Wildman–Crippen LogP) is 3.16. The fourth-order valence-corrected chi connectivity index (χ4v) is 1.85. The zero-order valence-corrected chi connectivity index (χ0v) is 16.0. The van der Waals surface area contributed by atoms with E-state index in [1.165, 1.54) is 14.2 Å². The summed E-state index contributed by atoms with van der Waals surface area (Å²) in [6, 6.07) is 6.82. The maximum atomic E-state index is 11.9. The van der Waals surface area contributed by atoms with Gasteiger partial charge in [-0.3, -0.25) is 0 Å². The summed E-state index contributed by atoms with van der Waals surface area (Å²) in [4.78, 5) is 27.5. The molecule has 142 valence electrons. The van der Waals surface area contributed by atoms with Gasteiger partial charge in [-0.15, -0.1) is 0 Å². The van der Waals surface area contributed by atoms with Crippen molar-refractivity contribution in [3.8, 4) is 5.75 Å². The van der Waals surface area contributed by atoms with Crippen molar-refractivity contribution in [2.45, 2.75) is 40.2 Å². The van der Waals surface area contributed by atoms with Crippen LogP contribution in [0.5, 0.6) is 5.75 Å². The molecule has 0 radical (unpaired) electrons. The van der Waals surface area contributed by atoms with Gasteiger partial charge in [-0.2, -0.15) is 0 Å². The number of nitrogens with zero attached hydrogens (tertiary/aromatic N) is 3. The summed E-state index contributed by atoms with van der Waals surface area (Å²) in [5, 5.41) is 11.9. The summed E-state index contributed by atoms with van der Waals surface area (Å²) in [6.45, 7) is 7.48. The minimum atomic E-state index is -0.648. The predicted molar refractivity (Wildman–Crippen MR) is 99.7 cm³/mol. The molecule has 0 amide bonds. The molecule has 8 heteroatoms. The minimum absolute atomic E-state index is 0.0209. The van der Waals surface area contributed by atoms with E-state index in [4.69, 9.17) is 19.2 Å². The van der Waals surface area contributed by atoms with Crippen LogP contribution in [0.1, 0.15) is 39.7 Å². The molecule has 8 nitrogen and oxygen atoms in total. The number of esters is 1. The zero-order valence-electron chi connectivity index (χ0n) is 16.0. The maximum absolute atomic E-state index is 11.9. The Kier molecular flexibility index (Phi) is 8.83. The van der Waals surface area contributed by atoms with Crippen LogP contribution in [-0.4, -0.2) is 43.4 Å². The number of para-hydroxylation sites is 1. The van der Waals surface area contributed by atoms with E-state index >= 15 is 0 Å². The average molecular weight is 363 g/mol. The first kappa shape index (κ1) is 21.1. The summed E-state index contributed by atoms with van der Waals surface area (Å²) in [7, 11) is 2.60. The number of oxime groups is 3. The van der Waals surface area contributed by atoms with Gasteiger partial charge in [0.15, 0.2) is 11.5 Å². The van der Waals surface area contributed by atoms with Crippen molar-refractivity contribution in [2.75, 3.05) is 14.2 Å². The number of carbonyl (C=O) groups excluding carboxylic acids is 1. The molecule has 0 saturated carbocycles. The van der Waals surface area contributed by atoms with Gasteiger partial charge in [-0.05, 0) is 39.3 Å². The van der Waals surface area contributed by atoms with Gasteiger partial charge in [0.25, 0.3) is 0 Å². The summed E-state index contributed by atoms with van der Waals surface area (Å²) in [5.41, 5.74) is 1.60. The monoisotopic (exact) mass is 363 g/mol. The van der Waals surface area contributed by atoms with Crippen LogP contribution >= 0.6 is 0 Å². The molecule has 1 aromatic carbocycles. The Morgan fingerprint density at radius 2 is 1.81 bits per heavy atom. The van der Waals surface area contributed by atoms with Crippen LogP contribution in [0.3, 0.4) is 0 Å². The number of hydrogen-bond donors (Lipinski definition) is 0. The molecular formula is C18H25N3O5. The Morgan fingerprint density at radius 1 is 1.12 bits per heavy atom. The molecule has 0 saturated heterocycles. The van der Waals surface area contributed by atoms with Gasteiger partial charge in [0, 0.05) is 0 Å². The van der Waals surface area contributed by atoms with Crippen LogP contribution in [0.25, 0.3) is 0 Å². The second-order valence-electron chi connectivity index (χ2n) is 5.42. The summed E-state index contributed by atoms with van der Waals surface area (Å²) in [6.07, 6.45) is 0.562. The lowest BCUT2D eigenvalue weighted by molar-refractivity contribution is -0.132. The summed E-state index contributed by atoms with van der Waals surface area (Å²) < 4.78 is 4.74. The molecule has 0 unspecified atom stereocenters. The third-order valence-electron chi connectivity index (χ3n) is 3.11. The van der Waals surface area contributed by atoms with Crippen LogP contribution < -0.4 is 4.84 Å². The summed E-state index contributed by atoms with van der Waals surface area (Å²) >= 11 is 0. The molecule has 26 heavy (non-hydrogen) atoms. The normalized spacial score (nSPS) is 12.8. The van der Waals surface area contributed by atoms with Gasteiger partial charge in [0.1, 0.15) is 24.6 Å². The van der Waals surface area contributed by atoms with E-state index in [9.17, 15) is 4.79 Å². The van der Waals surface area contributed by atoms with Crippen LogP contribution in [0, 0.1) is 0 Å². The molecule has 0 bridgehead atoms. The van der Waals surface area contributed by atoms with Gasteiger partial charge in [-0.25, -0.2) is 4.79 Å². The third-order valence-corrected chi connectivity index (χ3v) is 3.11. The molecule has 0 N–H and O–H groups in total. The number of ether oxygens (including phenoxy) is 1. The Labute approximate surface area is 153 Å². The molecule has 1 rings (SSSR count). The minimum Gasteiger partial charge on any atom is -0.464 e. The van der Waals surface area contributed by atoms with Crippen molar-refractivity contribution in [1.29, 1.82) is 0 Å². The summed E-state index contributed by atoms with van der Waals surface area (Å²) in [5.74, 6) is -0.317. The fourth-order valence-electron chi connectivity index (χ4n) is 1.85. The lowest BCUT2D eigenvalue weighted by atomic mass is 10.1. The van der Waals surface area contributed by atoms with E-state index in [1.54, 1.807) is 31.2 Å². The SMILES string of the molecule is CCC(=N\Oc1ccccc1/C(=N/OC)C(=O)OC)/C(C)=N/OC(C)C. The first-order valence-electron chi connectivity index (χ1n) is 8.18. The van der Waals surface area contributed by atoms with E-state index in [0.717, 1.165) is 0 Å². The van der Waals surface area contributed by atoms with E-state index in [2.05, 4.69) is 15.5 Å². The van der Waals surface area contributed by atoms with Crippen LogP contribution in [0.2, 0.25) is 0 Å². The highest BCUT2D eigenvalue weighted by molar-refractivity contribution is 6.43. The first-order valence-corrected chi connectivity index (χ1v) is 8.18. The Hall–Kier alpha value is -2.90.